The Labute approximate surface area is 128 Å². The molecule has 5 nitrogen and oxygen atoms in total. The number of nitrogens with two attached hydrogens (primary N) is 1. The number of anilines is 1. The summed E-state index contributed by atoms with van der Waals surface area (Å²) in [7, 11) is 0. The van der Waals surface area contributed by atoms with Crippen LogP contribution in [0.2, 0.25) is 0 Å². The number of nitrogens with one attached hydrogen (secondary N) is 2. The normalized spacial score (nSPS) is 11.1. The third kappa shape index (κ3) is 3.19. The van der Waals surface area contributed by atoms with Gasteiger partial charge in [-0.3, -0.25) is 9.78 Å². The lowest BCUT2D eigenvalue weighted by atomic mass is 10.0. The Morgan fingerprint density at radius 1 is 1.05 bits per heavy atom. The fourth-order valence-corrected chi connectivity index (χ4v) is 2.78. The summed E-state index contributed by atoms with van der Waals surface area (Å²) >= 11 is 0. The zero-order valence-corrected chi connectivity index (χ0v) is 12.4. The van der Waals surface area contributed by atoms with Crippen LogP contribution in [0.3, 0.4) is 0 Å². The van der Waals surface area contributed by atoms with E-state index in [2.05, 4.69) is 39.2 Å². The Hall–Kier alpha value is -2.56. The second-order valence-corrected chi connectivity index (χ2v) is 5.53. The van der Waals surface area contributed by atoms with Gasteiger partial charge in [0.05, 0.1) is 5.39 Å². The van der Waals surface area contributed by atoms with Gasteiger partial charge in [0.2, 0.25) is 5.95 Å². The minimum Gasteiger partial charge on any atom is -0.369 e. The average molecular weight is 296 g/mol. The highest BCUT2D eigenvalue weighted by Gasteiger charge is 2.09. The van der Waals surface area contributed by atoms with Crippen molar-refractivity contribution in [3.63, 3.8) is 0 Å². The zero-order valence-electron chi connectivity index (χ0n) is 12.4. The first-order valence-electron chi connectivity index (χ1n) is 7.64. The van der Waals surface area contributed by atoms with Crippen LogP contribution in [0.1, 0.15) is 30.4 Å². The van der Waals surface area contributed by atoms with Gasteiger partial charge in [0.25, 0.3) is 5.56 Å². The maximum Gasteiger partial charge on any atom is 0.262 e. The SMILES string of the molecule is Nc1nc2[nH]cc(CCCCCc3ccccc3)c2c(=O)[nH]1. The highest BCUT2D eigenvalue weighted by molar-refractivity contribution is 5.79. The van der Waals surface area contributed by atoms with Crippen molar-refractivity contribution in [2.75, 3.05) is 5.73 Å². The molecule has 0 fully saturated rings. The number of benzene rings is 1. The summed E-state index contributed by atoms with van der Waals surface area (Å²) in [6.45, 7) is 0. The van der Waals surface area contributed by atoms with E-state index in [1.807, 2.05) is 12.3 Å². The molecule has 22 heavy (non-hydrogen) atoms. The first-order chi connectivity index (χ1) is 10.7. The van der Waals surface area contributed by atoms with Gasteiger partial charge in [0.15, 0.2) is 0 Å². The Kier molecular flexibility index (Phi) is 4.23. The molecule has 0 saturated heterocycles. The van der Waals surface area contributed by atoms with E-state index in [4.69, 9.17) is 5.73 Å². The lowest BCUT2D eigenvalue weighted by molar-refractivity contribution is 0.680. The molecule has 114 valence electrons. The molecule has 0 aliphatic carbocycles. The molecule has 5 heteroatoms. The van der Waals surface area contributed by atoms with Gasteiger partial charge >= 0.3 is 0 Å². The molecule has 0 atom stereocenters. The van der Waals surface area contributed by atoms with Gasteiger partial charge in [-0.05, 0) is 36.8 Å². The molecule has 0 radical (unpaired) electrons. The van der Waals surface area contributed by atoms with Crippen molar-refractivity contribution in [3.05, 3.63) is 58.0 Å². The predicted octanol–water partition coefficient (Wildman–Crippen LogP) is 2.79. The Morgan fingerprint density at radius 2 is 1.82 bits per heavy atom. The van der Waals surface area contributed by atoms with Crippen LogP contribution >= 0.6 is 0 Å². The van der Waals surface area contributed by atoms with E-state index in [0.29, 0.717) is 11.0 Å². The topological polar surface area (TPSA) is 87.6 Å². The monoisotopic (exact) mass is 296 g/mol. The van der Waals surface area contributed by atoms with E-state index >= 15 is 0 Å². The lowest BCUT2D eigenvalue weighted by Crippen LogP contribution is -2.11. The first-order valence-corrected chi connectivity index (χ1v) is 7.64. The highest BCUT2D eigenvalue weighted by atomic mass is 16.1. The largest absolute Gasteiger partial charge is 0.369 e. The van der Waals surface area contributed by atoms with E-state index < -0.39 is 0 Å². The molecule has 1 aromatic carbocycles. The van der Waals surface area contributed by atoms with Crippen molar-refractivity contribution < 1.29 is 0 Å². The molecular formula is C17H20N4O. The second kappa shape index (κ2) is 6.47. The van der Waals surface area contributed by atoms with Crippen molar-refractivity contribution in [3.8, 4) is 0 Å². The number of aromatic amines is 2. The van der Waals surface area contributed by atoms with Crippen LogP contribution in [0.5, 0.6) is 0 Å². The van der Waals surface area contributed by atoms with E-state index in [0.717, 1.165) is 37.7 Å². The van der Waals surface area contributed by atoms with E-state index in [-0.39, 0.29) is 11.5 Å². The van der Waals surface area contributed by atoms with E-state index in [1.54, 1.807) is 0 Å². The van der Waals surface area contributed by atoms with E-state index in [9.17, 15) is 4.79 Å². The molecule has 3 rings (SSSR count). The highest BCUT2D eigenvalue weighted by Crippen LogP contribution is 2.16. The maximum atomic E-state index is 12.0. The van der Waals surface area contributed by atoms with Gasteiger partial charge in [0, 0.05) is 6.20 Å². The Morgan fingerprint density at radius 3 is 2.64 bits per heavy atom. The molecule has 2 heterocycles. The van der Waals surface area contributed by atoms with Crippen LogP contribution in [0.4, 0.5) is 5.95 Å². The van der Waals surface area contributed by atoms with Crippen LogP contribution in [0.15, 0.2) is 41.3 Å². The number of nitrogen functional groups attached to an aromatic ring is 1. The van der Waals surface area contributed by atoms with Crippen molar-refractivity contribution in [1.82, 2.24) is 15.0 Å². The second-order valence-electron chi connectivity index (χ2n) is 5.53. The fraction of sp³-hybridized carbons (Fsp3) is 0.294. The molecule has 0 amide bonds. The molecule has 0 saturated carbocycles. The first kappa shape index (κ1) is 14.4. The van der Waals surface area contributed by atoms with Crippen LogP contribution in [0.25, 0.3) is 11.0 Å². The number of hydrogen-bond donors (Lipinski definition) is 3. The maximum absolute atomic E-state index is 12.0. The van der Waals surface area contributed by atoms with Crippen molar-refractivity contribution in [1.29, 1.82) is 0 Å². The number of aryl methyl sites for hydroxylation is 2. The molecule has 3 aromatic rings. The number of nitrogens with zero attached hydrogens (tertiary/aromatic N) is 1. The summed E-state index contributed by atoms with van der Waals surface area (Å²) in [6, 6.07) is 10.5. The summed E-state index contributed by atoms with van der Waals surface area (Å²) < 4.78 is 0. The summed E-state index contributed by atoms with van der Waals surface area (Å²) in [5, 5.41) is 0.636. The van der Waals surface area contributed by atoms with Crippen LogP contribution in [-0.4, -0.2) is 15.0 Å². The number of hydrogen-bond acceptors (Lipinski definition) is 3. The average Bonchev–Trinajstić information content (AvgIpc) is 2.91. The van der Waals surface area contributed by atoms with Gasteiger partial charge in [-0.1, -0.05) is 36.8 Å². The van der Waals surface area contributed by atoms with Crippen LogP contribution in [-0.2, 0) is 12.8 Å². The summed E-state index contributed by atoms with van der Waals surface area (Å²) in [5.74, 6) is 0.147. The molecular weight excluding hydrogens is 276 g/mol. The smallest absolute Gasteiger partial charge is 0.262 e. The standard InChI is InChI=1S/C17H20N4O/c18-17-20-15-14(16(22)21-17)13(11-19-15)10-6-2-5-9-12-7-3-1-4-8-12/h1,3-4,7-8,11H,2,5-6,9-10H2,(H4,18,19,20,21,22). The van der Waals surface area contributed by atoms with Crippen LogP contribution < -0.4 is 11.3 Å². The van der Waals surface area contributed by atoms with Gasteiger partial charge in [0.1, 0.15) is 5.65 Å². The minimum absolute atomic E-state index is 0.147. The van der Waals surface area contributed by atoms with Gasteiger partial charge in [-0.25, -0.2) is 0 Å². The molecule has 4 N–H and O–H groups in total. The number of fused-ring (bicyclic) bond motifs is 1. The van der Waals surface area contributed by atoms with Crippen molar-refractivity contribution in [2.24, 2.45) is 0 Å². The zero-order chi connectivity index (χ0) is 15.4. The van der Waals surface area contributed by atoms with Crippen LogP contribution in [0, 0.1) is 0 Å². The van der Waals surface area contributed by atoms with Crippen molar-refractivity contribution in [2.45, 2.75) is 32.1 Å². The van der Waals surface area contributed by atoms with Gasteiger partial charge in [-0.2, -0.15) is 4.98 Å². The molecule has 0 bridgehead atoms. The molecule has 0 spiro atoms. The summed E-state index contributed by atoms with van der Waals surface area (Å²) in [5.41, 5.74) is 8.35. The Bertz CT molecular complexity index is 804. The molecule has 0 aliphatic heterocycles. The third-order valence-corrected chi connectivity index (χ3v) is 3.90. The number of unbranched alkanes of at least 4 members (excludes halogenated alkanes) is 2. The van der Waals surface area contributed by atoms with Gasteiger partial charge < -0.3 is 10.7 Å². The molecule has 0 aliphatic rings. The van der Waals surface area contributed by atoms with E-state index in [1.165, 1.54) is 5.56 Å². The Balaban J connectivity index is 1.55. The number of rotatable bonds is 6. The molecule has 0 unspecified atom stereocenters. The quantitative estimate of drug-likeness (QED) is 0.611. The molecule has 2 aromatic heterocycles. The predicted molar refractivity (Wildman–Crippen MR) is 88.8 cm³/mol. The summed E-state index contributed by atoms with van der Waals surface area (Å²) in [4.78, 5) is 21.6. The minimum atomic E-state index is -0.164. The third-order valence-electron chi connectivity index (χ3n) is 3.90. The lowest BCUT2D eigenvalue weighted by Gasteiger charge is -2.02. The number of H-pyrrole nitrogens is 2. The summed E-state index contributed by atoms with van der Waals surface area (Å²) in [6.07, 6.45) is 7.21. The number of aromatic nitrogens is 3. The van der Waals surface area contributed by atoms with Gasteiger partial charge in [-0.15, -0.1) is 0 Å². The fourth-order valence-electron chi connectivity index (χ4n) is 2.78. The van der Waals surface area contributed by atoms with Crippen molar-refractivity contribution >= 4 is 17.0 Å².